The van der Waals surface area contributed by atoms with Crippen LogP contribution < -0.4 is 5.32 Å². The molecule has 2 heterocycles. The van der Waals surface area contributed by atoms with Crippen LogP contribution in [0, 0.1) is 5.92 Å². The number of rotatable bonds is 5. The van der Waals surface area contributed by atoms with Crippen molar-refractivity contribution in [3.63, 3.8) is 0 Å². The van der Waals surface area contributed by atoms with Crippen LogP contribution >= 0.6 is 0 Å². The summed E-state index contributed by atoms with van der Waals surface area (Å²) >= 11 is 0. The largest absolute Gasteiger partial charge is 0.381 e. The number of ether oxygens (including phenoxy) is 1. The van der Waals surface area contributed by atoms with Crippen molar-refractivity contribution in [1.29, 1.82) is 0 Å². The Kier molecular flexibility index (Phi) is 6.27. The van der Waals surface area contributed by atoms with E-state index in [1.165, 1.54) is 10.6 Å². The molecule has 2 rings (SSSR count). The smallest absolute Gasteiger partial charge is 0.317 e. The summed E-state index contributed by atoms with van der Waals surface area (Å²) in [6, 6.07) is -0.00800. The first kappa shape index (κ1) is 18.5. The summed E-state index contributed by atoms with van der Waals surface area (Å²) in [5, 5.41) is 2.99. The molecule has 23 heavy (non-hydrogen) atoms. The number of nitrogens with zero attached hydrogens (tertiary/aromatic N) is 2. The minimum atomic E-state index is -3.20. The van der Waals surface area contributed by atoms with Gasteiger partial charge in [0.25, 0.3) is 0 Å². The van der Waals surface area contributed by atoms with Crippen molar-refractivity contribution in [3.05, 3.63) is 0 Å². The maximum absolute atomic E-state index is 12.7. The molecule has 2 fully saturated rings. The zero-order valence-corrected chi connectivity index (χ0v) is 15.1. The average molecular weight is 347 g/mol. The minimum absolute atomic E-state index is 0.0556. The summed E-state index contributed by atoms with van der Waals surface area (Å²) in [6.45, 7) is 6.93. The minimum Gasteiger partial charge on any atom is -0.381 e. The number of carbonyl (C=O) groups is 1. The molecule has 0 saturated carbocycles. The first-order valence-electron chi connectivity index (χ1n) is 8.38. The molecule has 0 aromatic heterocycles. The molecule has 1 atom stereocenters. The molecule has 0 radical (unpaired) electrons. The molecule has 0 bridgehead atoms. The van der Waals surface area contributed by atoms with E-state index >= 15 is 0 Å². The molecule has 2 aliphatic rings. The maximum atomic E-state index is 12.7. The Labute approximate surface area is 139 Å². The molecule has 2 saturated heterocycles. The molecular formula is C15H29N3O4S. The summed E-state index contributed by atoms with van der Waals surface area (Å²) in [7, 11) is -3.20. The number of hydrogen-bond donors (Lipinski definition) is 1. The van der Waals surface area contributed by atoms with Gasteiger partial charge in [-0.05, 0) is 25.2 Å². The van der Waals surface area contributed by atoms with E-state index in [0.29, 0.717) is 45.2 Å². The fourth-order valence-corrected chi connectivity index (χ4v) is 4.09. The Morgan fingerprint density at radius 3 is 2.43 bits per heavy atom. The van der Waals surface area contributed by atoms with Crippen LogP contribution in [0.15, 0.2) is 0 Å². The lowest BCUT2D eigenvalue weighted by Gasteiger charge is -2.38. The van der Waals surface area contributed by atoms with Crippen LogP contribution in [0.4, 0.5) is 4.79 Å². The van der Waals surface area contributed by atoms with E-state index in [2.05, 4.69) is 19.2 Å². The number of hydrogen-bond acceptors (Lipinski definition) is 4. The predicted octanol–water partition coefficient (Wildman–Crippen LogP) is 0.867. The van der Waals surface area contributed by atoms with Crippen LogP contribution in [-0.4, -0.2) is 74.8 Å². The molecule has 2 amide bonds. The molecule has 2 aliphatic heterocycles. The normalized spacial score (nSPS) is 24.1. The van der Waals surface area contributed by atoms with Crippen LogP contribution in [0.25, 0.3) is 0 Å². The lowest BCUT2D eigenvalue weighted by Crippen LogP contribution is -2.54. The molecule has 1 N–H and O–H groups in total. The Balaban J connectivity index is 2.08. The van der Waals surface area contributed by atoms with Gasteiger partial charge in [-0.1, -0.05) is 13.8 Å². The highest BCUT2D eigenvalue weighted by molar-refractivity contribution is 7.88. The molecule has 8 heteroatoms. The molecule has 134 valence electrons. The topological polar surface area (TPSA) is 79.0 Å². The number of carbonyl (C=O) groups excluding carboxylic acids is 1. The number of amides is 2. The third-order valence-corrected chi connectivity index (χ3v) is 5.74. The number of nitrogens with one attached hydrogen (secondary N) is 1. The lowest BCUT2D eigenvalue weighted by atomic mass is 10.0. The van der Waals surface area contributed by atoms with Crippen LogP contribution in [0.1, 0.15) is 33.1 Å². The van der Waals surface area contributed by atoms with E-state index in [9.17, 15) is 13.2 Å². The van der Waals surface area contributed by atoms with Gasteiger partial charge in [-0.25, -0.2) is 17.5 Å². The fourth-order valence-electron chi connectivity index (χ4n) is 3.21. The zero-order valence-electron chi connectivity index (χ0n) is 14.3. The van der Waals surface area contributed by atoms with Crippen molar-refractivity contribution in [1.82, 2.24) is 14.5 Å². The summed E-state index contributed by atoms with van der Waals surface area (Å²) in [6.07, 6.45) is 3.54. The number of urea groups is 1. The highest BCUT2D eigenvalue weighted by Crippen LogP contribution is 2.24. The van der Waals surface area contributed by atoms with Gasteiger partial charge in [0.05, 0.1) is 6.26 Å². The lowest BCUT2D eigenvalue weighted by molar-refractivity contribution is 0.0348. The van der Waals surface area contributed by atoms with Crippen LogP contribution in [0.3, 0.4) is 0 Å². The Hall–Kier alpha value is -0.860. The molecule has 7 nitrogen and oxygen atoms in total. The van der Waals surface area contributed by atoms with E-state index < -0.39 is 10.0 Å². The highest BCUT2D eigenvalue weighted by Gasteiger charge is 2.38. The Morgan fingerprint density at radius 2 is 1.91 bits per heavy atom. The highest BCUT2D eigenvalue weighted by atomic mass is 32.2. The van der Waals surface area contributed by atoms with Crippen molar-refractivity contribution < 1.29 is 17.9 Å². The maximum Gasteiger partial charge on any atom is 0.317 e. The molecular weight excluding hydrogens is 318 g/mol. The first-order chi connectivity index (χ1) is 10.8. The van der Waals surface area contributed by atoms with Gasteiger partial charge in [-0.3, -0.25) is 0 Å². The summed E-state index contributed by atoms with van der Waals surface area (Å²) in [5.74, 6) is 0.381. The van der Waals surface area contributed by atoms with Gasteiger partial charge < -0.3 is 15.0 Å². The standard InChI is InChI=1S/C15H29N3O4S/c1-12(2)10-16-15(19)18(13-5-8-22-9-6-13)14-4-7-17(11-14)23(3,20)21/h12-14H,4-11H2,1-3H3,(H,16,19). The average Bonchev–Trinajstić information content (AvgIpc) is 2.96. The van der Waals surface area contributed by atoms with E-state index in [-0.39, 0.29) is 18.1 Å². The Bertz CT molecular complexity index is 503. The van der Waals surface area contributed by atoms with E-state index in [4.69, 9.17) is 4.74 Å². The SMILES string of the molecule is CC(C)CNC(=O)N(C1CCOCC1)C1CCN(S(C)(=O)=O)C1. The van der Waals surface area contributed by atoms with Crippen molar-refractivity contribution >= 4 is 16.1 Å². The quantitative estimate of drug-likeness (QED) is 0.800. The molecule has 0 aromatic rings. The molecule has 0 aliphatic carbocycles. The summed E-state index contributed by atoms with van der Waals surface area (Å²) in [5.41, 5.74) is 0. The second-order valence-electron chi connectivity index (χ2n) is 6.89. The molecule has 1 unspecified atom stereocenters. The van der Waals surface area contributed by atoms with Crippen LogP contribution in [0.2, 0.25) is 0 Å². The van der Waals surface area contributed by atoms with Gasteiger partial charge in [0, 0.05) is 44.9 Å². The van der Waals surface area contributed by atoms with Gasteiger partial charge in [0.1, 0.15) is 0 Å². The van der Waals surface area contributed by atoms with Gasteiger partial charge in [-0.2, -0.15) is 0 Å². The van der Waals surface area contributed by atoms with E-state index in [1.807, 2.05) is 4.90 Å². The first-order valence-corrected chi connectivity index (χ1v) is 10.2. The van der Waals surface area contributed by atoms with E-state index in [0.717, 1.165) is 12.8 Å². The van der Waals surface area contributed by atoms with Crippen LogP contribution in [-0.2, 0) is 14.8 Å². The fraction of sp³-hybridized carbons (Fsp3) is 0.933. The Morgan fingerprint density at radius 1 is 1.26 bits per heavy atom. The third kappa shape index (κ3) is 5.06. The van der Waals surface area contributed by atoms with Crippen molar-refractivity contribution in [2.45, 2.75) is 45.2 Å². The van der Waals surface area contributed by atoms with Crippen molar-refractivity contribution in [3.8, 4) is 0 Å². The number of sulfonamides is 1. The second kappa shape index (κ2) is 7.81. The third-order valence-electron chi connectivity index (χ3n) is 4.47. The predicted molar refractivity (Wildman–Crippen MR) is 88.7 cm³/mol. The van der Waals surface area contributed by atoms with E-state index in [1.54, 1.807) is 0 Å². The summed E-state index contributed by atoms with van der Waals surface area (Å²) in [4.78, 5) is 14.6. The summed E-state index contributed by atoms with van der Waals surface area (Å²) < 4.78 is 30.4. The van der Waals surface area contributed by atoms with Crippen molar-refractivity contribution in [2.24, 2.45) is 5.92 Å². The zero-order chi connectivity index (χ0) is 17.0. The molecule has 0 aromatic carbocycles. The van der Waals surface area contributed by atoms with Crippen LogP contribution in [0.5, 0.6) is 0 Å². The van der Waals surface area contributed by atoms with Gasteiger partial charge >= 0.3 is 6.03 Å². The second-order valence-corrected chi connectivity index (χ2v) is 8.88. The van der Waals surface area contributed by atoms with Gasteiger partial charge in [0.2, 0.25) is 10.0 Å². The van der Waals surface area contributed by atoms with Gasteiger partial charge in [0.15, 0.2) is 0 Å². The van der Waals surface area contributed by atoms with Gasteiger partial charge in [-0.15, -0.1) is 0 Å². The van der Waals surface area contributed by atoms with Crippen molar-refractivity contribution in [2.75, 3.05) is 39.1 Å². The monoisotopic (exact) mass is 347 g/mol. The molecule has 0 spiro atoms.